The third-order valence-corrected chi connectivity index (χ3v) is 5.68. The number of ether oxygens (including phenoxy) is 1. The summed E-state index contributed by atoms with van der Waals surface area (Å²) in [6.07, 6.45) is 3.51. The van der Waals surface area contributed by atoms with Gasteiger partial charge >= 0.3 is 0 Å². The molecule has 4 rings (SSSR count). The van der Waals surface area contributed by atoms with E-state index in [1.807, 2.05) is 0 Å². The van der Waals surface area contributed by atoms with E-state index in [9.17, 15) is 0 Å². The van der Waals surface area contributed by atoms with Crippen molar-refractivity contribution in [2.45, 2.75) is 45.6 Å². The van der Waals surface area contributed by atoms with Crippen molar-refractivity contribution in [2.75, 3.05) is 18.5 Å². The standard InChI is InChI=1S/C18H23N5O2S/c1-10(2)15-22-17(25-23-15)14(12-4-6-24-7-5-12)21-16-13-8-11(3)26-18(13)20-9-19-16/h8-10,12,14H,4-7H2,1-3H3,(H,19,20,21)/t14-/m1/s1. The third-order valence-electron chi connectivity index (χ3n) is 4.72. The Morgan fingerprint density at radius 3 is 2.77 bits per heavy atom. The summed E-state index contributed by atoms with van der Waals surface area (Å²) in [7, 11) is 0. The van der Waals surface area contributed by atoms with E-state index in [4.69, 9.17) is 9.26 Å². The number of nitrogens with zero attached hydrogens (tertiary/aromatic N) is 4. The lowest BCUT2D eigenvalue weighted by molar-refractivity contribution is 0.0571. The first-order chi connectivity index (χ1) is 12.6. The summed E-state index contributed by atoms with van der Waals surface area (Å²) in [4.78, 5) is 15.7. The molecular formula is C18H23N5O2S. The van der Waals surface area contributed by atoms with Gasteiger partial charge in [-0.2, -0.15) is 4.98 Å². The third kappa shape index (κ3) is 3.43. The summed E-state index contributed by atoms with van der Waals surface area (Å²) in [5.41, 5.74) is 0. The molecule has 1 aliphatic rings. The number of hydrogen-bond acceptors (Lipinski definition) is 8. The molecule has 0 saturated carbocycles. The van der Waals surface area contributed by atoms with Crippen LogP contribution in [-0.2, 0) is 4.74 Å². The molecule has 138 valence electrons. The molecule has 1 saturated heterocycles. The summed E-state index contributed by atoms with van der Waals surface area (Å²) in [5.74, 6) is 2.76. The Morgan fingerprint density at radius 2 is 2.04 bits per heavy atom. The van der Waals surface area contributed by atoms with Crippen molar-refractivity contribution in [1.82, 2.24) is 20.1 Å². The molecule has 1 atom stereocenters. The van der Waals surface area contributed by atoms with Crippen LogP contribution in [0.2, 0.25) is 0 Å². The Hall–Kier alpha value is -2.06. The van der Waals surface area contributed by atoms with Crippen LogP contribution in [0.1, 0.15) is 55.2 Å². The fourth-order valence-corrected chi connectivity index (χ4v) is 4.12. The highest BCUT2D eigenvalue weighted by atomic mass is 32.1. The zero-order valence-corrected chi connectivity index (χ0v) is 16.0. The van der Waals surface area contributed by atoms with Gasteiger partial charge in [-0.1, -0.05) is 19.0 Å². The molecule has 7 nitrogen and oxygen atoms in total. The fraction of sp³-hybridized carbons (Fsp3) is 0.556. The van der Waals surface area contributed by atoms with Gasteiger partial charge in [0.05, 0.1) is 5.39 Å². The molecule has 0 unspecified atom stereocenters. The molecule has 0 amide bonds. The van der Waals surface area contributed by atoms with Gasteiger partial charge in [0.1, 0.15) is 23.0 Å². The number of aryl methyl sites for hydroxylation is 1. The van der Waals surface area contributed by atoms with Crippen LogP contribution in [0.15, 0.2) is 16.9 Å². The Kier molecular flexibility index (Phi) is 4.86. The summed E-state index contributed by atoms with van der Waals surface area (Å²) < 4.78 is 11.2. The molecule has 8 heteroatoms. The SMILES string of the molecule is Cc1cc2c(N[C@@H](c3nc(C(C)C)no3)C3CCOCC3)ncnc2s1. The topological polar surface area (TPSA) is 86.0 Å². The van der Waals surface area contributed by atoms with Crippen LogP contribution < -0.4 is 5.32 Å². The molecule has 0 radical (unpaired) electrons. The number of rotatable bonds is 5. The quantitative estimate of drug-likeness (QED) is 0.721. The Morgan fingerprint density at radius 1 is 1.23 bits per heavy atom. The lowest BCUT2D eigenvalue weighted by Crippen LogP contribution is -2.27. The predicted octanol–water partition coefficient (Wildman–Crippen LogP) is 4.09. The number of hydrogen-bond donors (Lipinski definition) is 1. The molecule has 0 aromatic carbocycles. The van der Waals surface area contributed by atoms with Crippen LogP contribution in [0.3, 0.4) is 0 Å². The number of thiophene rings is 1. The van der Waals surface area contributed by atoms with Gasteiger partial charge < -0.3 is 14.6 Å². The average Bonchev–Trinajstić information content (AvgIpc) is 3.26. The first-order valence-electron chi connectivity index (χ1n) is 9.00. The fourth-order valence-electron chi connectivity index (χ4n) is 3.28. The molecule has 0 bridgehead atoms. The first-order valence-corrected chi connectivity index (χ1v) is 9.82. The molecule has 0 aliphatic carbocycles. The van der Waals surface area contributed by atoms with Crippen LogP contribution in [0.4, 0.5) is 5.82 Å². The van der Waals surface area contributed by atoms with Crippen LogP contribution in [-0.4, -0.2) is 33.3 Å². The van der Waals surface area contributed by atoms with E-state index in [-0.39, 0.29) is 12.0 Å². The van der Waals surface area contributed by atoms with Crippen molar-refractivity contribution in [2.24, 2.45) is 5.92 Å². The molecule has 3 aromatic rings. The van der Waals surface area contributed by atoms with Crippen molar-refractivity contribution >= 4 is 27.4 Å². The van der Waals surface area contributed by atoms with E-state index in [2.05, 4.69) is 52.3 Å². The number of fused-ring (bicyclic) bond motifs is 1. The van der Waals surface area contributed by atoms with Crippen LogP contribution >= 0.6 is 11.3 Å². The highest BCUT2D eigenvalue weighted by Gasteiger charge is 2.31. The van der Waals surface area contributed by atoms with Crippen LogP contribution in [0.25, 0.3) is 10.2 Å². The highest BCUT2D eigenvalue weighted by molar-refractivity contribution is 7.18. The number of aromatic nitrogens is 4. The van der Waals surface area contributed by atoms with E-state index in [0.29, 0.717) is 11.8 Å². The van der Waals surface area contributed by atoms with E-state index < -0.39 is 0 Å². The minimum absolute atomic E-state index is 0.0859. The van der Waals surface area contributed by atoms with Gasteiger partial charge in [-0.3, -0.25) is 0 Å². The van der Waals surface area contributed by atoms with E-state index in [0.717, 1.165) is 47.9 Å². The smallest absolute Gasteiger partial charge is 0.249 e. The molecule has 1 fully saturated rings. The number of nitrogens with one attached hydrogen (secondary N) is 1. The van der Waals surface area contributed by atoms with Gasteiger partial charge in [-0.05, 0) is 31.7 Å². The summed E-state index contributed by atoms with van der Waals surface area (Å²) in [6, 6.07) is 2.04. The van der Waals surface area contributed by atoms with Crippen molar-refractivity contribution in [1.29, 1.82) is 0 Å². The molecule has 4 heterocycles. The van der Waals surface area contributed by atoms with Crippen LogP contribution in [0.5, 0.6) is 0 Å². The first kappa shape index (κ1) is 17.4. The molecule has 1 aliphatic heterocycles. The molecule has 0 spiro atoms. The molecule has 26 heavy (non-hydrogen) atoms. The zero-order chi connectivity index (χ0) is 18.1. The van der Waals surface area contributed by atoms with Gasteiger partial charge in [0, 0.05) is 24.0 Å². The Balaban J connectivity index is 1.69. The average molecular weight is 373 g/mol. The maximum Gasteiger partial charge on any atom is 0.249 e. The van der Waals surface area contributed by atoms with E-state index in [1.165, 1.54) is 4.88 Å². The molecular weight excluding hydrogens is 350 g/mol. The van der Waals surface area contributed by atoms with Crippen molar-refractivity contribution in [3.8, 4) is 0 Å². The zero-order valence-electron chi connectivity index (χ0n) is 15.2. The summed E-state index contributed by atoms with van der Waals surface area (Å²) in [6.45, 7) is 7.72. The van der Waals surface area contributed by atoms with Gasteiger partial charge in [0.2, 0.25) is 5.89 Å². The second-order valence-corrected chi connectivity index (χ2v) is 8.25. The second kappa shape index (κ2) is 7.28. The number of anilines is 1. The molecule has 3 aromatic heterocycles. The van der Waals surface area contributed by atoms with Crippen molar-refractivity contribution < 1.29 is 9.26 Å². The Bertz CT molecular complexity index is 885. The maximum absolute atomic E-state index is 5.63. The monoisotopic (exact) mass is 373 g/mol. The summed E-state index contributed by atoms with van der Waals surface area (Å²) >= 11 is 1.67. The van der Waals surface area contributed by atoms with Gasteiger partial charge in [0.25, 0.3) is 0 Å². The molecule has 1 N–H and O–H groups in total. The van der Waals surface area contributed by atoms with E-state index >= 15 is 0 Å². The lowest BCUT2D eigenvalue weighted by Gasteiger charge is -2.29. The maximum atomic E-state index is 5.63. The lowest BCUT2D eigenvalue weighted by atomic mass is 9.91. The Labute approximate surface area is 156 Å². The van der Waals surface area contributed by atoms with E-state index in [1.54, 1.807) is 17.7 Å². The highest BCUT2D eigenvalue weighted by Crippen LogP contribution is 2.35. The van der Waals surface area contributed by atoms with Crippen LogP contribution in [0, 0.1) is 12.8 Å². The minimum atomic E-state index is -0.0859. The normalized spacial score (nSPS) is 17.1. The van der Waals surface area contributed by atoms with Crippen molar-refractivity contribution in [3.63, 3.8) is 0 Å². The van der Waals surface area contributed by atoms with Gasteiger partial charge in [-0.15, -0.1) is 11.3 Å². The summed E-state index contributed by atoms with van der Waals surface area (Å²) in [5, 5.41) is 8.77. The van der Waals surface area contributed by atoms with Gasteiger partial charge in [-0.25, -0.2) is 9.97 Å². The second-order valence-electron chi connectivity index (χ2n) is 7.02. The van der Waals surface area contributed by atoms with Gasteiger partial charge in [0.15, 0.2) is 5.82 Å². The largest absolute Gasteiger partial charge is 0.381 e. The predicted molar refractivity (Wildman–Crippen MR) is 100 cm³/mol. The van der Waals surface area contributed by atoms with Crippen molar-refractivity contribution in [3.05, 3.63) is 29.0 Å². The minimum Gasteiger partial charge on any atom is -0.381 e.